The van der Waals surface area contributed by atoms with E-state index in [2.05, 4.69) is 4.99 Å². The Bertz CT molecular complexity index is 1790. The number of benzene rings is 5. The minimum Gasteiger partial charge on any atom is -0.507 e. The van der Waals surface area contributed by atoms with E-state index in [4.69, 9.17) is 0 Å². The number of aromatic hydroxyl groups is 2. The maximum absolute atomic E-state index is 12.0. The molecule has 0 fully saturated rings. The smallest absolute Gasteiger partial charge is 0.328 e. The maximum Gasteiger partial charge on any atom is 0.328 e. The van der Waals surface area contributed by atoms with Crippen molar-refractivity contribution < 1.29 is 20.1 Å². The van der Waals surface area contributed by atoms with Crippen LogP contribution < -0.4 is 0 Å². The molecular formula is C35H33NO4. The van der Waals surface area contributed by atoms with E-state index in [0.29, 0.717) is 22.3 Å². The number of aryl methyl sites for hydroxylation is 2. The molecule has 202 valence electrons. The van der Waals surface area contributed by atoms with Crippen molar-refractivity contribution in [2.75, 3.05) is 0 Å². The lowest BCUT2D eigenvalue weighted by Gasteiger charge is -2.23. The van der Waals surface area contributed by atoms with Crippen LogP contribution in [0.2, 0.25) is 0 Å². The zero-order valence-electron chi connectivity index (χ0n) is 23.4. The summed E-state index contributed by atoms with van der Waals surface area (Å²) < 4.78 is 0. The van der Waals surface area contributed by atoms with Gasteiger partial charge in [0.25, 0.3) is 0 Å². The van der Waals surface area contributed by atoms with E-state index in [-0.39, 0.29) is 11.5 Å². The van der Waals surface area contributed by atoms with Crippen LogP contribution in [0.5, 0.6) is 11.5 Å². The maximum atomic E-state index is 12.0. The van der Waals surface area contributed by atoms with Gasteiger partial charge in [-0.15, -0.1) is 0 Å². The van der Waals surface area contributed by atoms with E-state index >= 15 is 0 Å². The molecule has 1 atom stereocenters. The first-order chi connectivity index (χ1) is 19.0. The minimum absolute atomic E-state index is 0.0698. The van der Waals surface area contributed by atoms with Crippen molar-refractivity contribution in [3.05, 3.63) is 95.6 Å². The third-order valence-electron chi connectivity index (χ3n) is 7.49. The molecule has 5 aromatic carbocycles. The first-order valence-electron chi connectivity index (χ1n) is 13.3. The summed E-state index contributed by atoms with van der Waals surface area (Å²) in [6.45, 7) is 9.50. The Kier molecular flexibility index (Phi) is 6.84. The number of phenols is 2. The van der Waals surface area contributed by atoms with E-state index in [1.54, 1.807) is 6.07 Å². The minimum atomic E-state index is -1.03. The van der Waals surface area contributed by atoms with Gasteiger partial charge in [0.05, 0.1) is 0 Å². The van der Waals surface area contributed by atoms with Gasteiger partial charge in [-0.05, 0) is 69.6 Å². The molecule has 0 saturated heterocycles. The van der Waals surface area contributed by atoms with Crippen LogP contribution in [0.15, 0.2) is 83.9 Å². The van der Waals surface area contributed by atoms with Gasteiger partial charge in [0.15, 0.2) is 6.04 Å². The molecule has 5 aromatic rings. The first kappa shape index (κ1) is 26.9. The third kappa shape index (κ3) is 4.68. The molecule has 0 aliphatic carbocycles. The molecule has 3 N–H and O–H groups in total. The van der Waals surface area contributed by atoms with Gasteiger partial charge in [-0.1, -0.05) is 87.5 Å². The highest BCUT2D eigenvalue weighted by Crippen LogP contribution is 2.50. The molecule has 5 nitrogen and oxygen atoms in total. The fourth-order valence-electron chi connectivity index (χ4n) is 5.54. The van der Waals surface area contributed by atoms with Gasteiger partial charge in [-0.2, -0.15) is 0 Å². The van der Waals surface area contributed by atoms with Gasteiger partial charge < -0.3 is 15.3 Å². The molecule has 5 rings (SSSR count). The second kappa shape index (κ2) is 10.2. The van der Waals surface area contributed by atoms with Crippen molar-refractivity contribution in [1.82, 2.24) is 0 Å². The quantitative estimate of drug-likeness (QED) is 0.199. The molecule has 0 radical (unpaired) electrons. The van der Waals surface area contributed by atoms with E-state index in [1.807, 2.05) is 107 Å². The summed E-state index contributed by atoms with van der Waals surface area (Å²) in [5.41, 5.74) is 4.46. The van der Waals surface area contributed by atoms with Crippen LogP contribution in [0.1, 0.15) is 37.5 Å². The van der Waals surface area contributed by atoms with Gasteiger partial charge in [-0.25, -0.2) is 4.79 Å². The Labute approximate surface area is 234 Å². The summed E-state index contributed by atoms with van der Waals surface area (Å²) in [7, 11) is 0. The number of phenolic OH excluding ortho intramolecular Hbond substituents is 2. The fraction of sp³-hybridized carbons (Fsp3) is 0.200. The average Bonchev–Trinajstić information content (AvgIpc) is 2.89. The summed E-state index contributed by atoms with van der Waals surface area (Å²) in [4.78, 5) is 16.4. The van der Waals surface area contributed by atoms with E-state index in [0.717, 1.165) is 38.2 Å². The average molecular weight is 532 g/mol. The van der Waals surface area contributed by atoms with Crippen molar-refractivity contribution in [3.8, 4) is 33.8 Å². The molecule has 0 aliphatic rings. The summed E-state index contributed by atoms with van der Waals surface area (Å²) in [5, 5.41) is 36.9. The first-order valence-corrected chi connectivity index (χ1v) is 13.3. The molecule has 0 aromatic heterocycles. The normalized spacial score (nSPS) is 12.8. The summed E-state index contributed by atoms with van der Waals surface area (Å²) in [6, 6.07) is 24.3. The predicted octanol–water partition coefficient (Wildman–Crippen LogP) is 8.27. The van der Waals surface area contributed by atoms with Gasteiger partial charge >= 0.3 is 5.97 Å². The van der Waals surface area contributed by atoms with Gasteiger partial charge in [-0.3, -0.25) is 4.99 Å². The molecule has 0 heterocycles. The van der Waals surface area contributed by atoms with Crippen molar-refractivity contribution in [3.63, 3.8) is 0 Å². The lowest BCUT2D eigenvalue weighted by atomic mass is 9.85. The Morgan fingerprint density at radius 2 is 1.27 bits per heavy atom. The highest BCUT2D eigenvalue weighted by Gasteiger charge is 2.30. The molecule has 0 amide bonds. The fourth-order valence-corrected chi connectivity index (χ4v) is 5.54. The molecule has 0 aliphatic heterocycles. The molecule has 0 saturated carbocycles. The van der Waals surface area contributed by atoms with Crippen molar-refractivity contribution >= 4 is 33.7 Å². The molecule has 0 bridgehead atoms. The Hall–Kier alpha value is -4.64. The number of aliphatic imine (C=N–C) groups is 1. The van der Waals surface area contributed by atoms with E-state index in [1.165, 1.54) is 6.21 Å². The largest absolute Gasteiger partial charge is 0.507 e. The Morgan fingerprint density at radius 1 is 0.750 bits per heavy atom. The molecular weight excluding hydrogens is 498 g/mol. The standard InChI is InChI=1S/C35H33NO4/c1-20-11-10-12-21(2)28(20)27-18-23-14-7-9-16-26(23)30(32(27)38)29-25-15-8-6-13-22(25)17-24(31(29)37)19-36-33(34(39)40)35(3,4)5/h6-19,33,37-38H,1-5H3,(H,39,40)/t33-/m1/s1. The van der Waals surface area contributed by atoms with Gasteiger partial charge in [0, 0.05) is 28.5 Å². The number of aliphatic carboxylic acids is 1. The van der Waals surface area contributed by atoms with Gasteiger partial charge in [0.2, 0.25) is 0 Å². The predicted molar refractivity (Wildman–Crippen MR) is 164 cm³/mol. The monoisotopic (exact) mass is 531 g/mol. The summed E-state index contributed by atoms with van der Waals surface area (Å²) in [6.07, 6.45) is 1.43. The van der Waals surface area contributed by atoms with Crippen LogP contribution in [0.3, 0.4) is 0 Å². The number of carbonyl (C=O) groups is 1. The second-order valence-electron chi connectivity index (χ2n) is 11.4. The number of hydrogen-bond acceptors (Lipinski definition) is 4. The molecule has 40 heavy (non-hydrogen) atoms. The summed E-state index contributed by atoms with van der Waals surface area (Å²) in [5.74, 6) is -1.03. The van der Waals surface area contributed by atoms with Crippen LogP contribution in [-0.2, 0) is 4.79 Å². The second-order valence-corrected chi connectivity index (χ2v) is 11.4. The topological polar surface area (TPSA) is 90.1 Å². The van der Waals surface area contributed by atoms with Crippen LogP contribution in [-0.4, -0.2) is 33.5 Å². The van der Waals surface area contributed by atoms with E-state index < -0.39 is 17.4 Å². The highest BCUT2D eigenvalue weighted by atomic mass is 16.4. The molecule has 5 heteroatoms. The number of hydrogen-bond donors (Lipinski definition) is 3. The van der Waals surface area contributed by atoms with Gasteiger partial charge in [0.1, 0.15) is 11.5 Å². The number of nitrogens with zero attached hydrogens (tertiary/aromatic N) is 1. The van der Waals surface area contributed by atoms with E-state index in [9.17, 15) is 20.1 Å². The highest BCUT2D eigenvalue weighted by molar-refractivity contribution is 6.14. The number of carboxylic acids is 1. The Morgan fingerprint density at radius 3 is 1.82 bits per heavy atom. The SMILES string of the molecule is Cc1cccc(C)c1-c1cc2ccccc2c(-c2c(O)c(C=N[C@H](C(=O)O)C(C)(C)C)cc3ccccc23)c1O. The zero-order chi connectivity index (χ0) is 28.8. The van der Waals surface area contributed by atoms with Crippen LogP contribution in [0.4, 0.5) is 0 Å². The lowest BCUT2D eigenvalue weighted by Crippen LogP contribution is -2.32. The zero-order valence-corrected chi connectivity index (χ0v) is 23.4. The van der Waals surface area contributed by atoms with Crippen LogP contribution >= 0.6 is 0 Å². The van der Waals surface area contributed by atoms with Crippen LogP contribution in [0.25, 0.3) is 43.8 Å². The van der Waals surface area contributed by atoms with Crippen LogP contribution in [0, 0.1) is 19.3 Å². The van der Waals surface area contributed by atoms with Crippen molar-refractivity contribution in [2.24, 2.45) is 10.4 Å². The third-order valence-corrected chi connectivity index (χ3v) is 7.49. The number of fused-ring (bicyclic) bond motifs is 2. The molecule has 0 spiro atoms. The van der Waals surface area contributed by atoms with Crippen molar-refractivity contribution in [1.29, 1.82) is 0 Å². The summed E-state index contributed by atoms with van der Waals surface area (Å²) >= 11 is 0. The lowest BCUT2D eigenvalue weighted by molar-refractivity contribution is -0.140. The molecule has 0 unspecified atom stereocenters. The number of rotatable bonds is 5. The van der Waals surface area contributed by atoms with Crippen molar-refractivity contribution in [2.45, 2.75) is 40.7 Å². The number of carboxylic acid groups (broad SMARTS) is 1. The Balaban J connectivity index is 1.88.